The van der Waals surface area contributed by atoms with Gasteiger partial charge in [-0.2, -0.15) is 0 Å². The van der Waals surface area contributed by atoms with Gasteiger partial charge in [-0.3, -0.25) is 0 Å². The fourth-order valence-electron chi connectivity index (χ4n) is 1.96. The molecule has 1 heterocycles. The van der Waals surface area contributed by atoms with Crippen LogP contribution in [0.3, 0.4) is 0 Å². The third kappa shape index (κ3) is 2.38. The van der Waals surface area contributed by atoms with Crippen molar-refractivity contribution < 1.29 is 9.47 Å². The summed E-state index contributed by atoms with van der Waals surface area (Å²) < 4.78 is 11.4. The van der Waals surface area contributed by atoms with Crippen molar-refractivity contribution in [3.05, 3.63) is 77.7 Å². The maximum atomic E-state index is 5.79. The van der Waals surface area contributed by atoms with E-state index in [-0.39, 0.29) is 6.10 Å². The van der Waals surface area contributed by atoms with Gasteiger partial charge < -0.3 is 9.47 Å². The molecule has 1 fully saturated rings. The predicted octanol–water partition coefficient (Wildman–Crippen LogP) is 3.77. The summed E-state index contributed by atoms with van der Waals surface area (Å²) in [5.41, 5.74) is 2.23. The molecule has 1 saturated heterocycles. The summed E-state index contributed by atoms with van der Waals surface area (Å²) in [5, 5.41) is 0. The first-order valence-corrected chi connectivity index (χ1v) is 6.03. The molecule has 0 aliphatic carbocycles. The summed E-state index contributed by atoms with van der Waals surface area (Å²) in [6, 6.07) is 20.2. The van der Waals surface area contributed by atoms with Crippen molar-refractivity contribution in [2.45, 2.75) is 6.10 Å². The van der Waals surface area contributed by atoms with Crippen LogP contribution in [-0.4, -0.2) is 6.61 Å². The molecule has 1 aliphatic heterocycles. The zero-order valence-electron chi connectivity index (χ0n) is 9.95. The van der Waals surface area contributed by atoms with Gasteiger partial charge in [-0.05, 0) is 11.1 Å². The van der Waals surface area contributed by atoms with Gasteiger partial charge in [-0.15, -0.1) is 0 Å². The summed E-state index contributed by atoms with van der Waals surface area (Å²) in [5.74, 6) is 0.593. The Bertz CT molecular complexity index is 532. The molecule has 0 spiro atoms. The maximum absolute atomic E-state index is 5.79. The molecule has 90 valence electrons. The highest BCUT2D eigenvalue weighted by Crippen LogP contribution is 2.29. The molecular weight excluding hydrogens is 224 g/mol. The summed E-state index contributed by atoms with van der Waals surface area (Å²) >= 11 is 0. The van der Waals surface area contributed by atoms with E-state index in [0.29, 0.717) is 12.6 Å². The van der Waals surface area contributed by atoms with E-state index in [9.17, 15) is 0 Å². The molecule has 2 aromatic carbocycles. The van der Waals surface area contributed by atoms with Crippen LogP contribution >= 0.6 is 0 Å². The van der Waals surface area contributed by atoms with E-state index in [2.05, 4.69) is 12.1 Å². The molecule has 1 unspecified atom stereocenters. The standard InChI is InChI=1S/C16H14O2/c1-3-7-13(8-4-1)11-16-17-12-15(18-16)14-9-5-2-6-10-14/h1-11,15H,12H2/b16-11-. The first kappa shape index (κ1) is 10.9. The highest BCUT2D eigenvalue weighted by atomic mass is 16.7. The van der Waals surface area contributed by atoms with Crippen molar-refractivity contribution in [2.24, 2.45) is 0 Å². The minimum Gasteiger partial charge on any atom is -0.461 e. The topological polar surface area (TPSA) is 18.5 Å². The van der Waals surface area contributed by atoms with Gasteiger partial charge in [0.1, 0.15) is 6.61 Å². The molecule has 2 heteroatoms. The maximum Gasteiger partial charge on any atom is 0.280 e. The highest BCUT2D eigenvalue weighted by Gasteiger charge is 2.23. The largest absolute Gasteiger partial charge is 0.461 e. The smallest absolute Gasteiger partial charge is 0.280 e. The summed E-state index contributed by atoms with van der Waals surface area (Å²) in [6.07, 6.45) is 1.92. The first-order chi connectivity index (χ1) is 8.92. The molecule has 2 nitrogen and oxygen atoms in total. The Hall–Kier alpha value is -2.22. The quantitative estimate of drug-likeness (QED) is 0.792. The van der Waals surface area contributed by atoms with Gasteiger partial charge in [0, 0.05) is 6.08 Å². The Morgan fingerprint density at radius 3 is 2.28 bits per heavy atom. The number of hydrogen-bond donors (Lipinski definition) is 0. The lowest BCUT2D eigenvalue weighted by atomic mass is 10.1. The number of hydrogen-bond acceptors (Lipinski definition) is 2. The lowest BCUT2D eigenvalue weighted by Gasteiger charge is -2.06. The zero-order valence-corrected chi connectivity index (χ0v) is 9.95. The van der Waals surface area contributed by atoms with E-state index in [4.69, 9.17) is 9.47 Å². The van der Waals surface area contributed by atoms with Gasteiger partial charge in [-0.25, -0.2) is 0 Å². The molecule has 0 radical (unpaired) electrons. The van der Waals surface area contributed by atoms with Crippen molar-refractivity contribution in [1.29, 1.82) is 0 Å². The normalized spacial score (nSPS) is 20.4. The molecule has 2 aromatic rings. The van der Waals surface area contributed by atoms with E-state index in [1.54, 1.807) is 0 Å². The molecule has 1 aliphatic rings. The molecule has 0 amide bonds. The molecular formula is C16H14O2. The van der Waals surface area contributed by atoms with Crippen LogP contribution in [-0.2, 0) is 9.47 Å². The van der Waals surface area contributed by atoms with Crippen molar-refractivity contribution in [1.82, 2.24) is 0 Å². The second-order valence-electron chi connectivity index (χ2n) is 4.20. The second kappa shape index (κ2) is 4.96. The van der Waals surface area contributed by atoms with E-state index in [1.807, 2.05) is 54.6 Å². The number of rotatable bonds is 2. The van der Waals surface area contributed by atoms with Crippen LogP contribution < -0.4 is 0 Å². The second-order valence-corrected chi connectivity index (χ2v) is 4.20. The van der Waals surface area contributed by atoms with Crippen LogP contribution in [0.5, 0.6) is 0 Å². The van der Waals surface area contributed by atoms with Gasteiger partial charge in [-0.1, -0.05) is 60.7 Å². The third-order valence-corrected chi connectivity index (χ3v) is 2.89. The lowest BCUT2D eigenvalue weighted by molar-refractivity contribution is 0.147. The van der Waals surface area contributed by atoms with Crippen LogP contribution in [0.15, 0.2) is 66.6 Å². The average Bonchev–Trinajstić information content (AvgIpc) is 2.89. The average molecular weight is 238 g/mol. The number of benzene rings is 2. The Morgan fingerprint density at radius 1 is 0.889 bits per heavy atom. The summed E-state index contributed by atoms with van der Waals surface area (Å²) in [6.45, 7) is 0.572. The monoisotopic (exact) mass is 238 g/mol. The minimum atomic E-state index is 0.00108. The van der Waals surface area contributed by atoms with Gasteiger partial charge in [0.05, 0.1) is 0 Å². The Kier molecular flexibility index (Phi) is 3.01. The predicted molar refractivity (Wildman–Crippen MR) is 70.6 cm³/mol. The summed E-state index contributed by atoms with van der Waals surface area (Å²) in [4.78, 5) is 0. The molecule has 0 aromatic heterocycles. The first-order valence-electron chi connectivity index (χ1n) is 6.03. The van der Waals surface area contributed by atoms with Gasteiger partial charge in [0.2, 0.25) is 0 Å². The van der Waals surface area contributed by atoms with Crippen LogP contribution in [0.25, 0.3) is 6.08 Å². The Morgan fingerprint density at radius 2 is 1.56 bits per heavy atom. The van der Waals surface area contributed by atoms with E-state index >= 15 is 0 Å². The van der Waals surface area contributed by atoms with Crippen molar-refractivity contribution in [2.75, 3.05) is 6.61 Å². The lowest BCUT2D eigenvalue weighted by Crippen LogP contribution is -1.98. The molecule has 3 rings (SSSR count). The van der Waals surface area contributed by atoms with Crippen molar-refractivity contribution in [3.8, 4) is 0 Å². The Balaban J connectivity index is 1.74. The van der Waals surface area contributed by atoms with Crippen LogP contribution in [0, 0.1) is 0 Å². The van der Waals surface area contributed by atoms with Crippen molar-refractivity contribution >= 4 is 6.08 Å². The van der Waals surface area contributed by atoms with Crippen molar-refractivity contribution in [3.63, 3.8) is 0 Å². The van der Waals surface area contributed by atoms with Crippen LogP contribution in [0.4, 0.5) is 0 Å². The number of ether oxygens (including phenoxy) is 2. The van der Waals surface area contributed by atoms with E-state index in [1.165, 1.54) is 0 Å². The van der Waals surface area contributed by atoms with Gasteiger partial charge in [0.25, 0.3) is 5.95 Å². The molecule has 0 saturated carbocycles. The molecule has 0 bridgehead atoms. The Labute approximate surface area is 106 Å². The molecule has 0 N–H and O–H groups in total. The van der Waals surface area contributed by atoms with Crippen LogP contribution in [0.1, 0.15) is 17.2 Å². The minimum absolute atomic E-state index is 0.00108. The molecule has 1 atom stereocenters. The highest BCUT2D eigenvalue weighted by molar-refractivity contribution is 5.49. The van der Waals surface area contributed by atoms with Crippen LogP contribution in [0.2, 0.25) is 0 Å². The fraction of sp³-hybridized carbons (Fsp3) is 0.125. The van der Waals surface area contributed by atoms with Gasteiger partial charge in [0.15, 0.2) is 6.10 Å². The summed E-state index contributed by atoms with van der Waals surface area (Å²) in [7, 11) is 0. The fourth-order valence-corrected chi connectivity index (χ4v) is 1.96. The van der Waals surface area contributed by atoms with Gasteiger partial charge >= 0.3 is 0 Å². The third-order valence-electron chi connectivity index (χ3n) is 2.89. The molecule has 18 heavy (non-hydrogen) atoms. The SMILES string of the molecule is C(=C1\OCC(c2ccccc2)O1)/c1ccccc1. The van der Waals surface area contributed by atoms with E-state index in [0.717, 1.165) is 11.1 Å². The van der Waals surface area contributed by atoms with E-state index < -0.39 is 0 Å². The zero-order chi connectivity index (χ0) is 12.2.